The van der Waals surface area contributed by atoms with Gasteiger partial charge in [0.2, 0.25) is 15.9 Å². The molecular formula is C21H26N2O3S. The van der Waals surface area contributed by atoms with Gasteiger partial charge in [-0.25, -0.2) is 8.42 Å². The van der Waals surface area contributed by atoms with E-state index in [1.165, 1.54) is 4.31 Å². The third-order valence-electron chi connectivity index (χ3n) is 5.15. The van der Waals surface area contributed by atoms with Crippen LogP contribution in [0.3, 0.4) is 0 Å². The Bertz CT molecular complexity index is 897. The Hall–Kier alpha value is -2.18. The molecule has 27 heavy (non-hydrogen) atoms. The third-order valence-corrected chi connectivity index (χ3v) is 7.03. The molecule has 0 aliphatic carbocycles. The van der Waals surface area contributed by atoms with Crippen LogP contribution in [0.4, 0.5) is 0 Å². The Morgan fingerprint density at radius 3 is 2.48 bits per heavy atom. The molecule has 1 saturated heterocycles. The molecule has 2 atom stereocenters. The first kappa shape index (κ1) is 19.6. The molecule has 3 rings (SSSR count). The van der Waals surface area contributed by atoms with E-state index in [9.17, 15) is 13.2 Å². The van der Waals surface area contributed by atoms with Gasteiger partial charge in [0, 0.05) is 13.1 Å². The molecule has 0 unspecified atom stereocenters. The average Bonchev–Trinajstić information content (AvgIpc) is 2.69. The van der Waals surface area contributed by atoms with Crippen molar-refractivity contribution in [1.29, 1.82) is 0 Å². The van der Waals surface area contributed by atoms with Crippen LogP contribution >= 0.6 is 0 Å². The molecule has 1 aliphatic rings. The first-order chi connectivity index (χ1) is 12.9. The van der Waals surface area contributed by atoms with E-state index in [1.54, 1.807) is 30.3 Å². The third kappa shape index (κ3) is 4.39. The lowest BCUT2D eigenvalue weighted by Gasteiger charge is -2.32. The molecule has 1 fully saturated rings. The van der Waals surface area contributed by atoms with Gasteiger partial charge < -0.3 is 5.32 Å². The highest BCUT2D eigenvalue weighted by Crippen LogP contribution is 2.25. The van der Waals surface area contributed by atoms with Gasteiger partial charge in [-0.3, -0.25) is 4.79 Å². The summed E-state index contributed by atoms with van der Waals surface area (Å²) in [6.45, 7) is 4.66. The summed E-state index contributed by atoms with van der Waals surface area (Å²) in [5, 5.41) is 3.06. The van der Waals surface area contributed by atoms with Crippen molar-refractivity contribution < 1.29 is 13.2 Å². The Labute approximate surface area is 161 Å². The van der Waals surface area contributed by atoms with Crippen molar-refractivity contribution in [1.82, 2.24) is 9.62 Å². The molecule has 1 amide bonds. The van der Waals surface area contributed by atoms with Crippen molar-refractivity contribution in [3.63, 3.8) is 0 Å². The normalized spacial score (nSPS) is 19.4. The van der Waals surface area contributed by atoms with E-state index in [0.717, 1.165) is 11.1 Å². The van der Waals surface area contributed by atoms with Gasteiger partial charge in [0.25, 0.3) is 0 Å². The number of rotatable bonds is 5. The van der Waals surface area contributed by atoms with Crippen LogP contribution in [-0.2, 0) is 14.8 Å². The highest BCUT2D eigenvalue weighted by Gasteiger charge is 2.33. The number of sulfonamides is 1. The second-order valence-corrected chi connectivity index (χ2v) is 9.04. The lowest BCUT2D eigenvalue weighted by molar-refractivity contribution is -0.126. The molecular weight excluding hydrogens is 360 g/mol. The molecule has 0 spiro atoms. The van der Waals surface area contributed by atoms with Crippen LogP contribution in [0.25, 0.3) is 0 Å². The zero-order chi connectivity index (χ0) is 19.4. The van der Waals surface area contributed by atoms with Crippen LogP contribution in [-0.4, -0.2) is 31.7 Å². The number of aryl methyl sites for hydroxylation is 1. The Morgan fingerprint density at radius 2 is 1.78 bits per heavy atom. The Balaban J connectivity index is 1.69. The van der Waals surface area contributed by atoms with Gasteiger partial charge in [-0.15, -0.1) is 0 Å². The van der Waals surface area contributed by atoms with E-state index < -0.39 is 10.0 Å². The van der Waals surface area contributed by atoms with Gasteiger partial charge in [-0.05, 0) is 49.9 Å². The first-order valence-corrected chi connectivity index (χ1v) is 10.7. The number of hydrogen-bond donors (Lipinski definition) is 1. The number of carbonyl (C=O) groups is 1. The molecule has 5 nitrogen and oxygen atoms in total. The van der Waals surface area contributed by atoms with E-state index in [4.69, 9.17) is 0 Å². The minimum Gasteiger partial charge on any atom is -0.349 e. The largest absolute Gasteiger partial charge is 0.349 e. The maximum Gasteiger partial charge on any atom is 0.243 e. The standard InChI is InChI=1S/C21H26N2O3S/c1-16-9-6-7-13-20(16)17(2)22-21(24)18-10-8-14-23(15-18)27(25,26)19-11-4-3-5-12-19/h3-7,9,11-13,17-18H,8,10,14-15H2,1-2H3,(H,22,24)/t17-,18-/m0/s1. The molecule has 6 heteroatoms. The van der Waals surface area contributed by atoms with Crippen molar-refractivity contribution in [2.24, 2.45) is 5.92 Å². The van der Waals surface area contributed by atoms with Crippen LogP contribution in [0.1, 0.15) is 36.9 Å². The highest BCUT2D eigenvalue weighted by molar-refractivity contribution is 7.89. The van der Waals surface area contributed by atoms with E-state index >= 15 is 0 Å². The molecule has 2 aromatic rings. The van der Waals surface area contributed by atoms with Crippen molar-refractivity contribution in [2.75, 3.05) is 13.1 Å². The molecule has 144 valence electrons. The number of nitrogens with one attached hydrogen (secondary N) is 1. The van der Waals surface area contributed by atoms with Gasteiger partial charge in [0.05, 0.1) is 16.9 Å². The van der Waals surface area contributed by atoms with Crippen molar-refractivity contribution in [3.8, 4) is 0 Å². The summed E-state index contributed by atoms with van der Waals surface area (Å²) in [6.07, 6.45) is 1.38. The Morgan fingerprint density at radius 1 is 1.11 bits per heavy atom. The fourth-order valence-corrected chi connectivity index (χ4v) is 5.14. The SMILES string of the molecule is Cc1ccccc1[C@H](C)NC(=O)[C@H]1CCCN(S(=O)(=O)c2ccccc2)C1. The maximum absolute atomic E-state index is 12.8. The van der Waals surface area contributed by atoms with Crippen molar-refractivity contribution in [2.45, 2.75) is 37.6 Å². The van der Waals surface area contributed by atoms with Crippen molar-refractivity contribution >= 4 is 15.9 Å². The van der Waals surface area contributed by atoms with Crippen LogP contribution in [0.5, 0.6) is 0 Å². The molecule has 0 aromatic heterocycles. The summed E-state index contributed by atoms with van der Waals surface area (Å²) in [4.78, 5) is 13.0. The summed E-state index contributed by atoms with van der Waals surface area (Å²) in [6, 6.07) is 16.3. The van der Waals surface area contributed by atoms with Crippen molar-refractivity contribution in [3.05, 3.63) is 65.7 Å². The summed E-state index contributed by atoms with van der Waals surface area (Å²) in [5.41, 5.74) is 2.21. The predicted molar refractivity (Wildman–Crippen MR) is 106 cm³/mol. The van der Waals surface area contributed by atoms with Crippen LogP contribution in [0.2, 0.25) is 0 Å². The summed E-state index contributed by atoms with van der Waals surface area (Å²) >= 11 is 0. The maximum atomic E-state index is 12.8. The zero-order valence-corrected chi connectivity index (χ0v) is 16.6. The summed E-state index contributed by atoms with van der Waals surface area (Å²) < 4.78 is 27.1. The highest BCUT2D eigenvalue weighted by atomic mass is 32.2. The zero-order valence-electron chi connectivity index (χ0n) is 15.8. The van der Waals surface area contributed by atoms with Gasteiger partial charge >= 0.3 is 0 Å². The van der Waals surface area contributed by atoms with Crippen LogP contribution < -0.4 is 5.32 Å². The second-order valence-electron chi connectivity index (χ2n) is 7.10. The number of amides is 1. The average molecular weight is 387 g/mol. The summed E-state index contributed by atoms with van der Waals surface area (Å²) in [7, 11) is -3.56. The number of hydrogen-bond acceptors (Lipinski definition) is 3. The topological polar surface area (TPSA) is 66.5 Å². The molecule has 1 N–H and O–H groups in total. The first-order valence-electron chi connectivity index (χ1n) is 9.30. The van der Waals surface area contributed by atoms with Crippen LogP contribution in [0, 0.1) is 12.8 Å². The quantitative estimate of drug-likeness (QED) is 0.858. The number of piperidine rings is 1. The second kappa shape index (κ2) is 8.23. The molecule has 0 radical (unpaired) electrons. The fraction of sp³-hybridized carbons (Fsp3) is 0.381. The molecule has 0 saturated carbocycles. The lowest BCUT2D eigenvalue weighted by Crippen LogP contribution is -2.45. The monoisotopic (exact) mass is 386 g/mol. The molecule has 1 aliphatic heterocycles. The van der Waals surface area contributed by atoms with Gasteiger partial charge in [-0.1, -0.05) is 42.5 Å². The summed E-state index contributed by atoms with van der Waals surface area (Å²) in [5.74, 6) is -0.414. The van der Waals surface area contributed by atoms with E-state index in [-0.39, 0.29) is 29.3 Å². The van der Waals surface area contributed by atoms with Gasteiger partial charge in [0.1, 0.15) is 0 Å². The number of benzene rings is 2. The fourth-order valence-electron chi connectivity index (χ4n) is 3.60. The number of carbonyl (C=O) groups excluding carboxylic acids is 1. The van der Waals surface area contributed by atoms with Gasteiger partial charge in [0.15, 0.2) is 0 Å². The predicted octanol–water partition coefficient (Wildman–Crippen LogP) is 3.27. The number of nitrogens with zero attached hydrogens (tertiary/aromatic N) is 1. The minimum atomic E-state index is -3.56. The van der Waals surface area contributed by atoms with E-state index in [2.05, 4.69) is 5.32 Å². The van der Waals surface area contributed by atoms with Crippen LogP contribution in [0.15, 0.2) is 59.5 Å². The lowest BCUT2D eigenvalue weighted by atomic mass is 9.97. The minimum absolute atomic E-state index is 0.0845. The van der Waals surface area contributed by atoms with E-state index in [1.807, 2.05) is 38.1 Å². The molecule has 0 bridgehead atoms. The van der Waals surface area contributed by atoms with E-state index in [0.29, 0.717) is 19.4 Å². The Kier molecular flexibility index (Phi) is 5.97. The van der Waals surface area contributed by atoms with Gasteiger partial charge in [-0.2, -0.15) is 4.31 Å². The molecule has 1 heterocycles. The molecule has 2 aromatic carbocycles. The smallest absolute Gasteiger partial charge is 0.243 e.